The molecule has 0 radical (unpaired) electrons. The van der Waals surface area contributed by atoms with Crippen molar-refractivity contribution in [1.29, 1.82) is 5.41 Å². The van der Waals surface area contributed by atoms with Crippen LogP contribution in [0.5, 0.6) is 5.75 Å². The summed E-state index contributed by atoms with van der Waals surface area (Å²) < 4.78 is 5.76. The van der Waals surface area contributed by atoms with Crippen LogP contribution in [0.2, 0.25) is 0 Å². The number of para-hydroxylation sites is 1. The third-order valence-corrected chi connectivity index (χ3v) is 9.78. The van der Waals surface area contributed by atoms with E-state index in [9.17, 15) is 9.59 Å². The normalized spacial score (nSPS) is 28.0. The van der Waals surface area contributed by atoms with Crippen molar-refractivity contribution in [3.63, 3.8) is 0 Å². The number of ether oxygens (including phenoxy) is 1. The van der Waals surface area contributed by atoms with E-state index in [0.29, 0.717) is 30.4 Å². The lowest BCUT2D eigenvalue weighted by Crippen LogP contribution is -2.64. The number of benzene rings is 2. The van der Waals surface area contributed by atoms with Crippen LogP contribution in [0.1, 0.15) is 92.4 Å². The third-order valence-electron chi connectivity index (χ3n) is 9.78. The average molecular weight is 515 g/mol. The van der Waals surface area contributed by atoms with Gasteiger partial charge in [0.25, 0.3) is 5.91 Å². The molecule has 6 rings (SSSR count). The molecule has 0 spiro atoms. The molecular weight excluding hydrogens is 476 g/mol. The predicted octanol–water partition coefficient (Wildman–Crippen LogP) is 5.34. The highest BCUT2D eigenvalue weighted by atomic mass is 16.5. The molecule has 3 N–H and O–H groups in total. The van der Waals surface area contributed by atoms with Crippen LogP contribution in [0.3, 0.4) is 0 Å². The largest absolute Gasteiger partial charge is 0.493 e. The summed E-state index contributed by atoms with van der Waals surface area (Å²) in [5, 5.41) is 15.5. The molecule has 7 nitrogen and oxygen atoms in total. The number of rotatable bonds is 7. The van der Waals surface area contributed by atoms with Crippen LogP contribution in [0.4, 0.5) is 0 Å². The van der Waals surface area contributed by atoms with Gasteiger partial charge in [0.1, 0.15) is 5.75 Å². The fourth-order valence-corrected chi connectivity index (χ4v) is 7.15. The lowest BCUT2D eigenvalue weighted by atomic mass is 9.50. The Morgan fingerprint density at radius 1 is 1.16 bits per heavy atom. The quantitative estimate of drug-likeness (QED) is 0.465. The Kier molecular flexibility index (Phi) is 6.40. The molecule has 2 heterocycles. The molecule has 5 atom stereocenters. The number of guanidine groups is 1. The Bertz CT molecular complexity index is 1240. The summed E-state index contributed by atoms with van der Waals surface area (Å²) in [6.07, 6.45) is 6.24. The molecule has 200 valence electrons. The fraction of sp³-hybridized carbons (Fsp3) is 0.516. The second-order valence-corrected chi connectivity index (χ2v) is 11.6. The van der Waals surface area contributed by atoms with E-state index in [2.05, 4.69) is 24.5 Å². The molecule has 0 bridgehead atoms. The van der Waals surface area contributed by atoms with Gasteiger partial charge in [-0.1, -0.05) is 44.2 Å². The van der Waals surface area contributed by atoms with Crippen LogP contribution >= 0.6 is 0 Å². The van der Waals surface area contributed by atoms with E-state index in [4.69, 9.17) is 10.1 Å². The summed E-state index contributed by atoms with van der Waals surface area (Å²) >= 11 is 0. The van der Waals surface area contributed by atoms with Crippen molar-refractivity contribution in [1.82, 2.24) is 15.5 Å². The summed E-state index contributed by atoms with van der Waals surface area (Å²) in [4.78, 5) is 28.8. The number of carbonyl (C=O) groups is 2. The standard InChI is InChI=1S/C31H38N4O3/c1-3-31(4-2)18-27(36)35(30(32)34-31)28(24-17-19-12-13-22(19)24)20-8-7-9-21(16-20)29(37)33-25-14-15-38-26-11-6-5-10-23(25)26/h5-11,16,19,22,24-25,28H,3-4,12-15,17-18H2,1-2H3,(H2,32,34)(H,33,37)/t19?,22?,24?,25-,28-/m0/s1. The second kappa shape index (κ2) is 9.75. The predicted molar refractivity (Wildman–Crippen MR) is 146 cm³/mol. The molecule has 0 aromatic heterocycles. The average Bonchev–Trinajstić information content (AvgIpc) is 2.92. The van der Waals surface area contributed by atoms with Gasteiger partial charge in [-0.15, -0.1) is 0 Å². The van der Waals surface area contributed by atoms with Crippen LogP contribution in [0, 0.1) is 23.2 Å². The van der Waals surface area contributed by atoms with Crippen LogP contribution in [-0.2, 0) is 4.79 Å². The van der Waals surface area contributed by atoms with E-state index in [1.54, 1.807) is 4.90 Å². The van der Waals surface area contributed by atoms with E-state index in [1.165, 1.54) is 12.8 Å². The summed E-state index contributed by atoms with van der Waals surface area (Å²) in [6.45, 7) is 4.72. The number of amides is 2. The first-order valence-electron chi connectivity index (χ1n) is 14.2. The number of carbonyl (C=O) groups excluding carboxylic acids is 2. The first-order chi connectivity index (χ1) is 18.4. The number of hydrogen-bond acceptors (Lipinski definition) is 4. The van der Waals surface area contributed by atoms with Gasteiger partial charge in [-0.25, -0.2) is 0 Å². The first-order valence-corrected chi connectivity index (χ1v) is 14.2. The maximum atomic E-state index is 13.7. The maximum absolute atomic E-state index is 13.7. The molecule has 4 aliphatic rings. The van der Waals surface area contributed by atoms with Crippen molar-refractivity contribution >= 4 is 17.8 Å². The summed E-state index contributed by atoms with van der Waals surface area (Å²) in [5.74, 6) is 2.57. The Morgan fingerprint density at radius 2 is 1.97 bits per heavy atom. The van der Waals surface area contributed by atoms with Crippen molar-refractivity contribution in [2.75, 3.05) is 6.61 Å². The third kappa shape index (κ3) is 4.16. The van der Waals surface area contributed by atoms with Gasteiger partial charge in [0.2, 0.25) is 5.91 Å². The molecule has 2 aromatic carbocycles. The topological polar surface area (TPSA) is 94.5 Å². The summed E-state index contributed by atoms with van der Waals surface area (Å²) in [7, 11) is 0. The highest BCUT2D eigenvalue weighted by Gasteiger charge is 2.54. The Labute approximate surface area is 224 Å². The van der Waals surface area contributed by atoms with Gasteiger partial charge in [-0.3, -0.25) is 19.9 Å². The van der Waals surface area contributed by atoms with Crippen molar-refractivity contribution in [3.8, 4) is 5.75 Å². The highest BCUT2D eigenvalue weighted by molar-refractivity contribution is 6.00. The van der Waals surface area contributed by atoms with Gasteiger partial charge in [-0.2, -0.15) is 0 Å². The van der Waals surface area contributed by atoms with E-state index in [1.807, 2.05) is 48.5 Å². The zero-order valence-corrected chi connectivity index (χ0v) is 22.3. The molecule has 2 saturated carbocycles. The maximum Gasteiger partial charge on any atom is 0.251 e. The molecular formula is C31H38N4O3. The summed E-state index contributed by atoms with van der Waals surface area (Å²) in [6, 6.07) is 15.3. The smallest absolute Gasteiger partial charge is 0.251 e. The molecule has 3 fully saturated rings. The molecule has 3 unspecified atom stereocenters. The molecule has 2 aliphatic heterocycles. The van der Waals surface area contributed by atoms with Gasteiger partial charge in [0, 0.05) is 23.1 Å². The van der Waals surface area contributed by atoms with Crippen molar-refractivity contribution in [2.24, 2.45) is 17.8 Å². The van der Waals surface area contributed by atoms with Crippen LogP contribution in [-0.4, -0.2) is 34.8 Å². The zero-order valence-electron chi connectivity index (χ0n) is 22.3. The minimum absolute atomic E-state index is 0.0129. The lowest BCUT2D eigenvalue weighted by Gasteiger charge is -2.58. The number of fused-ring (bicyclic) bond motifs is 2. The van der Waals surface area contributed by atoms with Gasteiger partial charge >= 0.3 is 0 Å². The van der Waals surface area contributed by atoms with Gasteiger partial charge < -0.3 is 15.4 Å². The van der Waals surface area contributed by atoms with Crippen molar-refractivity contribution in [2.45, 2.75) is 76.4 Å². The minimum Gasteiger partial charge on any atom is -0.493 e. The fourth-order valence-electron chi connectivity index (χ4n) is 7.15. The SMILES string of the molecule is CCC1(CC)CC(=O)N([C@@H](c2cccc(C(=O)N[C@H]3CCOc4ccccc43)c2)C2CC3CCC32)C(=N)N1. The molecule has 7 heteroatoms. The van der Waals surface area contributed by atoms with Crippen molar-refractivity contribution < 1.29 is 14.3 Å². The van der Waals surface area contributed by atoms with Gasteiger partial charge in [0.15, 0.2) is 5.96 Å². The summed E-state index contributed by atoms with van der Waals surface area (Å²) in [5.41, 5.74) is 2.18. The molecule has 38 heavy (non-hydrogen) atoms. The Morgan fingerprint density at radius 3 is 2.66 bits per heavy atom. The molecule has 1 saturated heterocycles. The number of hydrogen-bond donors (Lipinski definition) is 3. The van der Waals surface area contributed by atoms with Crippen LogP contribution in [0.15, 0.2) is 48.5 Å². The molecule has 2 amide bonds. The number of nitrogens with one attached hydrogen (secondary N) is 3. The van der Waals surface area contributed by atoms with Gasteiger partial charge in [0.05, 0.1) is 25.1 Å². The second-order valence-electron chi connectivity index (χ2n) is 11.6. The minimum atomic E-state index is -0.352. The Balaban J connectivity index is 1.28. The zero-order chi connectivity index (χ0) is 26.4. The highest BCUT2D eigenvalue weighted by Crippen LogP contribution is 2.59. The monoisotopic (exact) mass is 514 g/mol. The van der Waals surface area contributed by atoms with E-state index in [0.717, 1.165) is 48.5 Å². The first kappa shape index (κ1) is 25.0. The van der Waals surface area contributed by atoms with Crippen LogP contribution < -0.4 is 15.4 Å². The van der Waals surface area contributed by atoms with Gasteiger partial charge in [-0.05, 0) is 73.6 Å². The van der Waals surface area contributed by atoms with Crippen LogP contribution in [0.25, 0.3) is 0 Å². The molecule has 2 aliphatic carbocycles. The van der Waals surface area contributed by atoms with Crippen molar-refractivity contribution in [3.05, 3.63) is 65.2 Å². The van der Waals surface area contributed by atoms with E-state index in [-0.39, 0.29) is 35.4 Å². The number of nitrogens with zero attached hydrogens (tertiary/aromatic N) is 1. The molecule has 2 aromatic rings. The lowest BCUT2D eigenvalue weighted by molar-refractivity contribution is -0.139. The Hall–Kier alpha value is -3.35. The van der Waals surface area contributed by atoms with E-state index < -0.39 is 0 Å². The van der Waals surface area contributed by atoms with E-state index >= 15 is 0 Å².